The summed E-state index contributed by atoms with van der Waals surface area (Å²) in [5.41, 5.74) is 0.658. The second-order valence-electron chi connectivity index (χ2n) is 4.20. The van der Waals surface area contributed by atoms with E-state index in [0.717, 1.165) is 10.1 Å². The molecule has 1 saturated heterocycles. The molecule has 1 amide bonds. The van der Waals surface area contributed by atoms with Gasteiger partial charge in [0.2, 0.25) is 0 Å². The summed E-state index contributed by atoms with van der Waals surface area (Å²) in [5, 5.41) is 15.5. The Hall–Kier alpha value is -0.370. The van der Waals surface area contributed by atoms with Crippen molar-refractivity contribution in [1.82, 2.24) is 10.6 Å². The number of hydrogen-bond acceptors (Lipinski definition) is 3. The minimum atomic E-state index is -0.355. The van der Waals surface area contributed by atoms with Crippen LogP contribution in [0.5, 0.6) is 0 Å². The molecular formula is C12H16ClIN2O2. The largest absolute Gasteiger partial charge is 0.391 e. The van der Waals surface area contributed by atoms with Gasteiger partial charge in [-0.15, -0.1) is 12.4 Å². The molecule has 2 rings (SSSR count). The van der Waals surface area contributed by atoms with Crippen LogP contribution in [0.3, 0.4) is 0 Å². The van der Waals surface area contributed by atoms with Gasteiger partial charge in [0.15, 0.2) is 0 Å². The molecule has 18 heavy (non-hydrogen) atoms. The van der Waals surface area contributed by atoms with Gasteiger partial charge in [0.25, 0.3) is 5.91 Å². The molecular weight excluding hydrogens is 367 g/mol. The number of rotatable bonds is 3. The number of benzene rings is 1. The van der Waals surface area contributed by atoms with Crippen molar-refractivity contribution in [1.29, 1.82) is 0 Å². The molecule has 1 aliphatic rings. The SMILES string of the molecule is Cl.O=C(NCC1CNCC1O)c1ccc(I)cc1. The number of amides is 1. The summed E-state index contributed by atoms with van der Waals surface area (Å²) in [6, 6.07) is 7.42. The Morgan fingerprint density at radius 2 is 2.06 bits per heavy atom. The topological polar surface area (TPSA) is 61.4 Å². The Morgan fingerprint density at radius 1 is 1.39 bits per heavy atom. The fourth-order valence-corrected chi connectivity index (χ4v) is 2.21. The zero-order valence-corrected chi connectivity index (χ0v) is 12.7. The number of β-amino-alcohol motifs (C(OH)–C–C–N with tert-alkyl or cyclic N) is 1. The number of halogens is 2. The Balaban J connectivity index is 0.00000162. The van der Waals surface area contributed by atoms with E-state index in [1.54, 1.807) is 12.1 Å². The number of aliphatic hydroxyl groups excluding tert-OH is 1. The second-order valence-corrected chi connectivity index (χ2v) is 5.45. The number of carbonyl (C=O) groups is 1. The van der Waals surface area contributed by atoms with Gasteiger partial charge in [0.05, 0.1) is 6.10 Å². The van der Waals surface area contributed by atoms with E-state index in [-0.39, 0.29) is 30.3 Å². The highest BCUT2D eigenvalue weighted by molar-refractivity contribution is 14.1. The van der Waals surface area contributed by atoms with Gasteiger partial charge in [-0.25, -0.2) is 0 Å². The van der Waals surface area contributed by atoms with Crippen molar-refractivity contribution in [3.05, 3.63) is 33.4 Å². The lowest BCUT2D eigenvalue weighted by molar-refractivity contribution is 0.0927. The highest BCUT2D eigenvalue weighted by Gasteiger charge is 2.25. The molecule has 100 valence electrons. The third-order valence-corrected chi connectivity index (χ3v) is 3.65. The van der Waals surface area contributed by atoms with Crippen LogP contribution in [0, 0.1) is 9.49 Å². The van der Waals surface area contributed by atoms with Gasteiger partial charge in [-0.05, 0) is 46.9 Å². The van der Waals surface area contributed by atoms with E-state index in [0.29, 0.717) is 18.7 Å². The van der Waals surface area contributed by atoms with E-state index in [1.165, 1.54) is 0 Å². The Morgan fingerprint density at radius 3 is 2.61 bits per heavy atom. The highest BCUT2D eigenvalue weighted by Crippen LogP contribution is 2.09. The van der Waals surface area contributed by atoms with Gasteiger partial charge in [-0.1, -0.05) is 0 Å². The van der Waals surface area contributed by atoms with E-state index in [4.69, 9.17) is 0 Å². The lowest BCUT2D eigenvalue weighted by Gasteiger charge is -2.14. The smallest absolute Gasteiger partial charge is 0.251 e. The molecule has 1 aromatic rings. The van der Waals surface area contributed by atoms with E-state index in [2.05, 4.69) is 33.2 Å². The fourth-order valence-electron chi connectivity index (χ4n) is 1.85. The molecule has 2 unspecified atom stereocenters. The monoisotopic (exact) mass is 382 g/mol. The van der Waals surface area contributed by atoms with Crippen LogP contribution < -0.4 is 10.6 Å². The van der Waals surface area contributed by atoms with Crippen LogP contribution >= 0.6 is 35.0 Å². The molecule has 0 aromatic heterocycles. The number of nitrogens with one attached hydrogen (secondary N) is 2. The van der Waals surface area contributed by atoms with Crippen LogP contribution in [0.1, 0.15) is 10.4 Å². The first-order chi connectivity index (χ1) is 8.16. The Kier molecular flexibility index (Phi) is 6.34. The molecule has 0 saturated carbocycles. The minimum absolute atomic E-state index is 0. The lowest BCUT2D eigenvalue weighted by Crippen LogP contribution is -2.34. The summed E-state index contributed by atoms with van der Waals surface area (Å²) in [4.78, 5) is 11.8. The molecule has 0 bridgehead atoms. The summed E-state index contributed by atoms with van der Waals surface area (Å²) in [7, 11) is 0. The molecule has 1 fully saturated rings. The molecule has 0 spiro atoms. The van der Waals surface area contributed by atoms with Crippen LogP contribution in [0.25, 0.3) is 0 Å². The number of carbonyl (C=O) groups excluding carboxylic acids is 1. The zero-order chi connectivity index (χ0) is 12.3. The predicted octanol–water partition coefficient (Wildman–Crippen LogP) is 1.02. The molecule has 6 heteroatoms. The van der Waals surface area contributed by atoms with Crippen LogP contribution in [-0.4, -0.2) is 36.8 Å². The predicted molar refractivity (Wildman–Crippen MR) is 81.1 cm³/mol. The van der Waals surface area contributed by atoms with Crippen molar-refractivity contribution in [2.24, 2.45) is 5.92 Å². The average molecular weight is 383 g/mol. The summed E-state index contributed by atoms with van der Waals surface area (Å²) in [5.74, 6) is 0.0308. The lowest BCUT2D eigenvalue weighted by atomic mass is 10.1. The van der Waals surface area contributed by atoms with Crippen LogP contribution in [0.2, 0.25) is 0 Å². The van der Waals surface area contributed by atoms with Gasteiger partial charge < -0.3 is 15.7 Å². The van der Waals surface area contributed by atoms with Crippen molar-refractivity contribution in [2.45, 2.75) is 6.10 Å². The maximum atomic E-state index is 11.8. The first-order valence-electron chi connectivity index (χ1n) is 5.59. The standard InChI is InChI=1S/C12H15IN2O2.ClH/c13-10-3-1-8(2-4-10)12(17)15-6-9-5-14-7-11(9)16;/h1-4,9,11,14,16H,5-7H2,(H,15,17);1H. The molecule has 4 nitrogen and oxygen atoms in total. The third-order valence-electron chi connectivity index (χ3n) is 2.94. The second kappa shape index (κ2) is 7.28. The van der Waals surface area contributed by atoms with Crippen molar-refractivity contribution in [3.8, 4) is 0 Å². The molecule has 1 heterocycles. The van der Waals surface area contributed by atoms with Gasteiger partial charge >= 0.3 is 0 Å². The average Bonchev–Trinajstić information content (AvgIpc) is 2.73. The van der Waals surface area contributed by atoms with Crippen LogP contribution in [0.4, 0.5) is 0 Å². The number of aliphatic hydroxyl groups is 1. The molecule has 2 atom stereocenters. The molecule has 3 N–H and O–H groups in total. The van der Waals surface area contributed by atoms with Crippen molar-refractivity contribution in [3.63, 3.8) is 0 Å². The van der Waals surface area contributed by atoms with Crippen molar-refractivity contribution < 1.29 is 9.90 Å². The summed E-state index contributed by atoms with van der Waals surface area (Å²) >= 11 is 2.20. The van der Waals surface area contributed by atoms with Crippen LogP contribution in [-0.2, 0) is 0 Å². The quantitative estimate of drug-likeness (QED) is 0.684. The van der Waals surface area contributed by atoms with Crippen LogP contribution in [0.15, 0.2) is 24.3 Å². The molecule has 0 radical (unpaired) electrons. The zero-order valence-electron chi connectivity index (χ0n) is 9.73. The van der Waals surface area contributed by atoms with Gasteiger partial charge in [-0.3, -0.25) is 4.79 Å². The Bertz CT molecular complexity index is 400. The van der Waals surface area contributed by atoms with Gasteiger partial charge in [-0.2, -0.15) is 0 Å². The molecule has 1 aliphatic heterocycles. The van der Waals surface area contributed by atoms with E-state index < -0.39 is 0 Å². The normalized spacial score (nSPS) is 22.3. The van der Waals surface area contributed by atoms with E-state index in [1.807, 2.05) is 12.1 Å². The molecule has 0 aliphatic carbocycles. The maximum absolute atomic E-state index is 11.8. The minimum Gasteiger partial charge on any atom is -0.391 e. The maximum Gasteiger partial charge on any atom is 0.251 e. The first kappa shape index (κ1) is 15.7. The first-order valence-corrected chi connectivity index (χ1v) is 6.67. The highest BCUT2D eigenvalue weighted by atomic mass is 127. The van der Waals surface area contributed by atoms with E-state index in [9.17, 15) is 9.90 Å². The summed E-state index contributed by atoms with van der Waals surface area (Å²) in [6.45, 7) is 1.89. The number of hydrogen-bond donors (Lipinski definition) is 3. The Labute approximate surface area is 126 Å². The van der Waals surface area contributed by atoms with Crippen molar-refractivity contribution >= 4 is 40.9 Å². The molecule has 1 aromatic carbocycles. The fraction of sp³-hybridized carbons (Fsp3) is 0.417. The van der Waals surface area contributed by atoms with Crippen molar-refractivity contribution in [2.75, 3.05) is 19.6 Å². The van der Waals surface area contributed by atoms with Gasteiger partial charge in [0, 0.05) is 34.7 Å². The third kappa shape index (κ3) is 4.08. The van der Waals surface area contributed by atoms with E-state index >= 15 is 0 Å². The summed E-state index contributed by atoms with van der Waals surface area (Å²) in [6.07, 6.45) is -0.355. The van der Waals surface area contributed by atoms with Gasteiger partial charge in [0.1, 0.15) is 0 Å². The summed E-state index contributed by atoms with van der Waals surface area (Å²) < 4.78 is 1.11.